The van der Waals surface area contributed by atoms with Gasteiger partial charge in [0.15, 0.2) is 0 Å². The summed E-state index contributed by atoms with van der Waals surface area (Å²) in [5.41, 5.74) is 7.65. The summed E-state index contributed by atoms with van der Waals surface area (Å²) in [5, 5.41) is 7.04. The molecule has 1 unspecified atom stereocenters. The minimum absolute atomic E-state index is 0.106. The number of nitrogens with one attached hydrogen (secondary N) is 1. The minimum atomic E-state index is -0.538. The van der Waals surface area contributed by atoms with E-state index in [4.69, 9.17) is 5.73 Å². The molecule has 1 aromatic carbocycles. The van der Waals surface area contributed by atoms with E-state index in [1.807, 2.05) is 52.0 Å². The molecule has 0 radical (unpaired) electrons. The molecule has 6 heteroatoms. The van der Waals surface area contributed by atoms with Gasteiger partial charge in [0.1, 0.15) is 12.7 Å². The van der Waals surface area contributed by atoms with Crippen LogP contribution in [-0.2, 0) is 4.79 Å². The van der Waals surface area contributed by atoms with Crippen molar-refractivity contribution in [3.05, 3.63) is 42.5 Å². The van der Waals surface area contributed by atoms with Crippen LogP contribution in [0.15, 0.2) is 36.9 Å². The number of hydrogen-bond donors (Lipinski definition) is 2. The fourth-order valence-electron chi connectivity index (χ4n) is 2.04. The highest BCUT2D eigenvalue weighted by molar-refractivity contribution is 5.82. The van der Waals surface area contributed by atoms with Gasteiger partial charge in [-0.1, -0.05) is 32.9 Å². The molecule has 2 rings (SSSR count). The van der Waals surface area contributed by atoms with Gasteiger partial charge in [0.2, 0.25) is 5.91 Å². The molecule has 0 aliphatic carbocycles. The predicted octanol–water partition coefficient (Wildman–Crippen LogP) is 1.82. The predicted molar refractivity (Wildman–Crippen MR) is 85.3 cm³/mol. The standard InChI is InChI=1S/C16H23N5O/c1-11(20-15(22)14(17)16(2,3)4)12-5-7-13(8-6-12)21-10-18-9-19-21/h5-11,14H,17H2,1-4H3,(H,20,22)/t11?,14-/m1/s1. The second-order valence-corrected chi connectivity index (χ2v) is 6.51. The van der Waals surface area contributed by atoms with Gasteiger partial charge in [-0.2, -0.15) is 5.10 Å². The smallest absolute Gasteiger partial charge is 0.237 e. The lowest BCUT2D eigenvalue weighted by molar-refractivity contribution is -0.125. The summed E-state index contributed by atoms with van der Waals surface area (Å²) >= 11 is 0. The topological polar surface area (TPSA) is 85.8 Å². The molecule has 3 N–H and O–H groups in total. The van der Waals surface area contributed by atoms with Crippen LogP contribution in [-0.4, -0.2) is 26.7 Å². The number of carbonyl (C=O) groups is 1. The molecule has 0 spiro atoms. The molecule has 6 nitrogen and oxygen atoms in total. The van der Waals surface area contributed by atoms with Crippen LogP contribution in [0.2, 0.25) is 0 Å². The second-order valence-electron chi connectivity index (χ2n) is 6.51. The van der Waals surface area contributed by atoms with Gasteiger partial charge in [0, 0.05) is 0 Å². The normalized spacial score (nSPS) is 14.4. The van der Waals surface area contributed by atoms with E-state index in [-0.39, 0.29) is 17.4 Å². The Morgan fingerprint density at radius 2 is 1.91 bits per heavy atom. The van der Waals surface area contributed by atoms with Gasteiger partial charge in [-0.3, -0.25) is 4.79 Å². The van der Waals surface area contributed by atoms with E-state index in [0.29, 0.717) is 0 Å². The van der Waals surface area contributed by atoms with E-state index in [1.54, 1.807) is 11.0 Å². The Morgan fingerprint density at radius 3 is 2.41 bits per heavy atom. The Bertz CT molecular complexity index is 613. The van der Waals surface area contributed by atoms with Crippen molar-refractivity contribution in [1.29, 1.82) is 0 Å². The minimum Gasteiger partial charge on any atom is -0.348 e. The number of hydrogen-bond acceptors (Lipinski definition) is 4. The number of amides is 1. The highest BCUT2D eigenvalue weighted by Gasteiger charge is 2.28. The summed E-state index contributed by atoms with van der Waals surface area (Å²) in [7, 11) is 0. The molecule has 0 bridgehead atoms. The van der Waals surface area contributed by atoms with Crippen molar-refractivity contribution in [1.82, 2.24) is 20.1 Å². The van der Waals surface area contributed by atoms with E-state index in [9.17, 15) is 4.79 Å². The van der Waals surface area contributed by atoms with Crippen LogP contribution in [0.5, 0.6) is 0 Å². The summed E-state index contributed by atoms with van der Waals surface area (Å²) in [6.45, 7) is 7.80. The fraction of sp³-hybridized carbons (Fsp3) is 0.438. The highest BCUT2D eigenvalue weighted by Crippen LogP contribution is 2.19. The van der Waals surface area contributed by atoms with Crippen LogP contribution in [0.25, 0.3) is 5.69 Å². The molecule has 118 valence electrons. The molecule has 0 fully saturated rings. The average Bonchev–Trinajstić information content (AvgIpc) is 2.99. The van der Waals surface area contributed by atoms with E-state index in [2.05, 4.69) is 15.4 Å². The quantitative estimate of drug-likeness (QED) is 0.902. The van der Waals surface area contributed by atoms with Gasteiger partial charge in [-0.05, 0) is 30.0 Å². The van der Waals surface area contributed by atoms with Crippen molar-refractivity contribution >= 4 is 5.91 Å². The third kappa shape index (κ3) is 3.71. The first-order chi connectivity index (χ1) is 10.3. The number of aromatic nitrogens is 3. The Kier molecular flexibility index (Phi) is 4.61. The number of carbonyl (C=O) groups excluding carboxylic acids is 1. The van der Waals surface area contributed by atoms with Crippen LogP contribution in [0.3, 0.4) is 0 Å². The average molecular weight is 301 g/mol. The molecule has 0 saturated carbocycles. The lowest BCUT2D eigenvalue weighted by Crippen LogP contribution is -2.49. The van der Waals surface area contributed by atoms with Crippen molar-refractivity contribution in [2.24, 2.45) is 11.1 Å². The Hall–Kier alpha value is -2.21. The van der Waals surface area contributed by atoms with Gasteiger partial charge >= 0.3 is 0 Å². The number of nitrogens with two attached hydrogens (primary N) is 1. The van der Waals surface area contributed by atoms with Crippen molar-refractivity contribution in [2.45, 2.75) is 39.8 Å². The van der Waals surface area contributed by atoms with Gasteiger partial charge in [-0.25, -0.2) is 9.67 Å². The summed E-state index contributed by atoms with van der Waals surface area (Å²) in [5.74, 6) is -0.139. The first kappa shape index (κ1) is 16.2. The Morgan fingerprint density at radius 1 is 1.27 bits per heavy atom. The summed E-state index contributed by atoms with van der Waals surface area (Å²) in [4.78, 5) is 16.1. The van der Waals surface area contributed by atoms with Gasteiger partial charge in [-0.15, -0.1) is 0 Å². The highest BCUT2D eigenvalue weighted by atomic mass is 16.2. The molecule has 1 aromatic heterocycles. The largest absolute Gasteiger partial charge is 0.348 e. The van der Waals surface area contributed by atoms with Crippen molar-refractivity contribution < 1.29 is 4.79 Å². The number of rotatable bonds is 4. The lowest BCUT2D eigenvalue weighted by atomic mass is 9.86. The number of nitrogens with zero attached hydrogens (tertiary/aromatic N) is 3. The summed E-state index contributed by atoms with van der Waals surface area (Å²) in [6.07, 6.45) is 3.13. The van der Waals surface area contributed by atoms with Gasteiger partial charge in [0.25, 0.3) is 0 Å². The zero-order valence-corrected chi connectivity index (χ0v) is 13.4. The zero-order chi connectivity index (χ0) is 16.3. The maximum atomic E-state index is 12.2. The molecule has 0 aliphatic heterocycles. The van der Waals surface area contributed by atoms with E-state index in [1.165, 1.54) is 6.33 Å². The Balaban J connectivity index is 2.04. The van der Waals surface area contributed by atoms with Gasteiger partial charge < -0.3 is 11.1 Å². The zero-order valence-electron chi connectivity index (χ0n) is 13.4. The van der Waals surface area contributed by atoms with Crippen LogP contribution in [0.4, 0.5) is 0 Å². The third-order valence-corrected chi connectivity index (χ3v) is 3.65. The molecule has 2 aromatic rings. The van der Waals surface area contributed by atoms with Crippen LogP contribution in [0.1, 0.15) is 39.3 Å². The fourth-order valence-corrected chi connectivity index (χ4v) is 2.04. The molecule has 2 atom stereocenters. The number of benzene rings is 1. The van der Waals surface area contributed by atoms with Gasteiger partial charge in [0.05, 0.1) is 17.8 Å². The van der Waals surface area contributed by atoms with E-state index in [0.717, 1.165) is 11.3 Å². The molecular formula is C16H23N5O. The summed E-state index contributed by atoms with van der Waals surface area (Å²) in [6, 6.07) is 7.16. The van der Waals surface area contributed by atoms with Crippen LogP contribution < -0.4 is 11.1 Å². The Labute approximate surface area is 130 Å². The first-order valence-electron chi connectivity index (χ1n) is 7.30. The first-order valence-corrected chi connectivity index (χ1v) is 7.30. The third-order valence-electron chi connectivity index (χ3n) is 3.65. The van der Waals surface area contributed by atoms with Crippen molar-refractivity contribution in [3.63, 3.8) is 0 Å². The molecule has 1 amide bonds. The van der Waals surface area contributed by atoms with Crippen LogP contribution in [0, 0.1) is 5.41 Å². The maximum Gasteiger partial charge on any atom is 0.237 e. The summed E-state index contributed by atoms with van der Waals surface area (Å²) < 4.78 is 1.68. The lowest BCUT2D eigenvalue weighted by Gasteiger charge is -2.27. The second kappa shape index (κ2) is 6.27. The molecular weight excluding hydrogens is 278 g/mol. The SMILES string of the molecule is CC(NC(=O)[C@@H](N)C(C)(C)C)c1ccc(-n2cncn2)cc1. The monoisotopic (exact) mass is 301 g/mol. The molecule has 22 heavy (non-hydrogen) atoms. The molecule has 1 heterocycles. The van der Waals surface area contributed by atoms with Crippen molar-refractivity contribution in [3.8, 4) is 5.69 Å². The van der Waals surface area contributed by atoms with E-state index < -0.39 is 6.04 Å². The maximum absolute atomic E-state index is 12.2. The van der Waals surface area contributed by atoms with Crippen LogP contribution >= 0.6 is 0 Å². The van der Waals surface area contributed by atoms with E-state index >= 15 is 0 Å². The van der Waals surface area contributed by atoms with Crippen molar-refractivity contribution in [2.75, 3.05) is 0 Å². The molecule has 0 saturated heterocycles. The molecule has 0 aliphatic rings.